The van der Waals surface area contributed by atoms with E-state index in [4.69, 9.17) is 4.74 Å². The van der Waals surface area contributed by atoms with Gasteiger partial charge in [0.2, 0.25) is 11.9 Å². The fourth-order valence-corrected chi connectivity index (χ4v) is 4.12. The van der Waals surface area contributed by atoms with Crippen LogP contribution >= 0.6 is 0 Å². The van der Waals surface area contributed by atoms with Gasteiger partial charge in [-0.05, 0) is 57.6 Å². The zero-order valence-electron chi connectivity index (χ0n) is 19.5. The summed E-state index contributed by atoms with van der Waals surface area (Å²) in [5, 5.41) is 9.46. The predicted octanol–water partition coefficient (Wildman–Crippen LogP) is 2.22. The summed E-state index contributed by atoms with van der Waals surface area (Å²) >= 11 is 0. The van der Waals surface area contributed by atoms with Crippen LogP contribution in [0.2, 0.25) is 0 Å². The first-order valence-electron chi connectivity index (χ1n) is 11.2. The Hall–Kier alpha value is -3.40. The minimum Gasteiger partial charge on any atom is -0.495 e. The minimum atomic E-state index is -0.317. The van der Waals surface area contributed by atoms with Crippen LogP contribution in [0.25, 0.3) is 0 Å². The van der Waals surface area contributed by atoms with Gasteiger partial charge in [0.05, 0.1) is 19.0 Å². The third-order valence-corrected chi connectivity index (χ3v) is 6.24. The normalized spacial score (nSPS) is 19.0. The summed E-state index contributed by atoms with van der Waals surface area (Å²) in [6.07, 6.45) is 4.16. The lowest BCUT2D eigenvalue weighted by Crippen LogP contribution is -2.45. The highest BCUT2D eigenvalue weighted by molar-refractivity contribution is 6.03. The third kappa shape index (κ3) is 4.85. The topological polar surface area (TPSA) is 112 Å². The van der Waals surface area contributed by atoms with Crippen LogP contribution in [0, 0.1) is 0 Å². The van der Waals surface area contributed by atoms with E-state index in [1.807, 2.05) is 6.92 Å². The molecule has 2 amide bonds. The number of amides is 2. The van der Waals surface area contributed by atoms with E-state index in [1.54, 1.807) is 43.5 Å². The highest BCUT2D eigenvalue weighted by Crippen LogP contribution is 2.32. The van der Waals surface area contributed by atoms with Crippen molar-refractivity contribution in [3.8, 4) is 5.75 Å². The summed E-state index contributed by atoms with van der Waals surface area (Å²) in [4.78, 5) is 37.8. The van der Waals surface area contributed by atoms with Crippen molar-refractivity contribution in [1.29, 1.82) is 0 Å². The summed E-state index contributed by atoms with van der Waals surface area (Å²) in [6, 6.07) is 5.12. The Bertz CT molecular complexity index is 1040. The number of fused-ring (bicyclic) bond motifs is 1. The Labute approximate surface area is 193 Å². The third-order valence-electron chi connectivity index (χ3n) is 6.24. The smallest absolute Gasteiger partial charge is 0.251 e. The molecule has 0 aliphatic carbocycles. The molecule has 3 heterocycles. The first-order chi connectivity index (χ1) is 15.9. The van der Waals surface area contributed by atoms with E-state index in [9.17, 15) is 9.59 Å². The molecular formula is C23H31N7O3. The van der Waals surface area contributed by atoms with Crippen molar-refractivity contribution >= 4 is 35.0 Å². The van der Waals surface area contributed by atoms with E-state index in [-0.39, 0.29) is 23.9 Å². The molecule has 10 heteroatoms. The van der Waals surface area contributed by atoms with E-state index in [0.717, 1.165) is 25.9 Å². The molecule has 4 rings (SSSR count). The Balaban J connectivity index is 1.49. The zero-order valence-corrected chi connectivity index (χ0v) is 19.5. The molecule has 176 valence electrons. The molecule has 0 spiro atoms. The molecule has 2 aromatic rings. The molecule has 1 aromatic carbocycles. The molecule has 0 bridgehead atoms. The van der Waals surface area contributed by atoms with Gasteiger partial charge in [0.15, 0.2) is 5.82 Å². The van der Waals surface area contributed by atoms with E-state index in [0.29, 0.717) is 40.9 Å². The lowest BCUT2D eigenvalue weighted by atomic mass is 10.0. The number of benzene rings is 1. The number of ether oxygens (including phenoxy) is 1. The number of piperidine rings is 1. The molecule has 3 N–H and O–H groups in total. The second kappa shape index (κ2) is 9.62. The zero-order chi connectivity index (χ0) is 23.5. The number of methoxy groups -OCH3 is 1. The number of nitrogens with zero attached hydrogens (tertiary/aromatic N) is 4. The predicted molar refractivity (Wildman–Crippen MR) is 127 cm³/mol. The maximum absolute atomic E-state index is 12.7. The molecule has 1 saturated heterocycles. The number of anilines is 4. The molecule has 1 aromatic heterocycles. The van der Waals surface area contributed by atoms with E-state index in [2.05, 4.69) is 37.9 Å². The Morgan fingerprint density at radius 2 is 2.03 bits per heavy atom. The summed E-state index contributed by atoms with van der Waals surface area (Å²) in [7, 11) is 5.37. The van der Waals surface area contributed by atoms with Gasteiger partial charge in [-0.2, -0.15) is 4.98 Å². The Morgan fingerprint density at radius 3 is 2.73 bits per heavy atom. The monoisotopic (exact) mass is 453 g/mol. The number of rotatable bonds is 6. The van der Waals surface area contributed by atoms with Gasteiger partial charge in [0, 0.05) is 18.7 Å². The summed E-state index contributed by atoms with van der Waals surface area (Å²) < 4.78 is 5.52. The molecule has 2 aliphatic heterocycles. The van der Waals surface area contributed by atoms with Crippen molar-refractivity contribution in [3.63, 3.8) is 0 Å². The quantitative estimate of drug-likeness (QED) is 0.611. The van der Waals surface area contributed by atoms with Crippen molar-refractivity contribution < 1.29 is 14.3 Å². The van der Waals surface area contributed by atoms with Crippen LogP contribution < -0.4 is 25.6 Å². The maximum atomic E-state index is 12.7. The van der Waals surface area contributed by atoms with E-state index >= 15 is 0 Å². The molecule has 0 radical (unpaired) electrons. The lowest BCUT2D eigenvalue weighted by molar-refractivity contribution is -0.119. The van der Waals surface area contributed by atoms with Crippen LogP contribution in [-0.2, 0) is 4.79 Å². The van der Waals surface area contributed by atoms with Gasteiger partial charge in [-0.25, -0.2) is 4.98 Å². The van der Waals surface area contributed by atoms with Gasteiger partial charge in [-0.3, -0.25) is 9.59 Å². The fourth-order valence-electron chi connectivity index (χ4n) is 4.12. The Kier molecular flexibility index (Phi) is 6.64. The van der Waals surface area contributed by atoms with E-state index in [1.165, 1.54) is 0 Å². The first-order valence-corrected chi connectivity index (χ1v) is 11.2. The molecule has 2 aliphatic rings. The van der Waals surface area contributed by atoms with Crippen molar-refractivity contribution in [2.75, 3.05) is 49.8 Å². The molecular weight excluding hydrogens is 422 g/mol. The summed E-state index contributed by atoms with van der Waals surface area (Å²) in [6.45, 7) is 3.91. The number of hydrogen-bond donors (Lipinski definition) is 3. The molecule has 0 unspecified atom stereocenters. The van der Waals surface area contributed by atoms with Crippen molar-refractivity contribution in [3.05, 3.63) is 30.0 Å². The number of likely N-dealkylation sites (N-methyl/N-ethyl adjacent to an activating group) is 1. The molecule has 1 atom stereocenters. The average Bonchev–Trinajstić information content (AvgIpc) is 2.83. The lowest BCUT2D eigenvalue weighted by Gasteiger charge is -2.31. The number of hydrogen-bond acceptors (Lipinski definition) is 8. The SMILES string of the molecule is CC[C@H]1Nc2nc(Nc3ccc(C(=O)NC4CCN(C)CC4)cc3OC)ncc2N(C)C1=O. The molecule has 10 nitrogen and oxygen atoms in total. The number of likely N-dealkylation sites (tertiary alicyclic amines) is 1. The number of carbonyl (C=O) groups is 2. The van der Waals surface area contributed by atoms with Crippen molar-refractivity contribution in [2.45, 2.75) is 38.3 Å². The van der Waals surface area contributed by atoms with Gasteiger partial charge >= 0.3 is 0 Å². The van der Waals surface area contributed by atoms with Crippen LogP contribution in [-0.4, -0.2) is 73.1 Å². The highest BCUT2D eigenvalue weighted by atomic mass is 16.5. The van der Waals surface area contributed by atoms with Gasteiger partial charge < -0.3 is 30.5 Å². The standard InChI is InChI=1S/C23H31N7O3/c1-5-16-22(32)30(3)18-13-24-23(28-20(18)26-16)27-17-7-6-14(12-19(17)33-4)21(31)25-15-8-10-29(2)11-9-15/h6-7,12-13,15-16H,5,8-11H2,1-4H3,(H,25,31)(H2,24,26,27,28)/t16-/m1/s1. The molecule has 0 saturated carbocycles. The van der Waals surface area contributed by atoms with Crippen LogP contribution in [0.4, 0.5) is 23.1 Å². The van der Waals surface area contributed by atoms with Crippen LogP contribution in [0.5, 0.6) is 5.75 Å². The van der Waals surface area contributed by atoms with Crippen LogP contribution in [0.3, 0.4) is 0 Å². The second-order valence-electron chi connectivity index (χ2n) is 8.52. The first kappa shape index (κ1) is 22.8. The average molecular weight is 454 g/mol. The largest absolute Gasteiger partial charge is 0.495 e. The number of nitrogens with one attached hydrogen (secondary N) is 3. The maximum Gasteiger partial charge on any atom is 0.251 e. The molecule has 33 heavy (non-hydrogen) atoms. The second-order valence-corrected chi connectivity index (χ2v) is 8.52. The van der Waals surface area contributed by atoms with Crippen LogP contribution in [0.1, 0.15) is 36.5 Å². The Morgan fingerprint density at radius 1 is 1.27 bits per heavy atom. The van der Waals surface area contributed by atoms with Crippen molar-refractivity contribution in [1.82, 2.24) is 20.2 Å². The molecule has 1 fully saturated rings. The van der Waals surface area contributed by atoms with E-state index < -0.39 is 0 Å². The van der Waals surface area contributed by atoms with Crippen molar-refractivity contribution in [2.24, 2.45) is 0 Å². The van der Waals surface area contributed by atoms with Gasteiger partial charge in [-0.15, -0.1) is 0 Å². The van der Waals surface area contributed by atoms with Gasteiger partial charge in [-0.1, -0.05) is 6.92 Å². The van der Waals surface area contributed by atoms with Crippen LogP contribution in [0.15, 0.2) is 24.4 Å². The minimum absolute atomic E-state index is 0.00918. The number of carbonyl (C=O) groups excluding carboxylic acids is 2. The van der Waals surface area contributed by atoms with Gasteiger partial charge in [0.1, 0.15) is 17.5 Å². The summed E-state index contributed by atoms with van der Waals surface area (Å²) in [5.41, 5.74) is 1.80. The number of aromatic nitrogens is 2. The fraction of sp³-hybridized carbons (Fsp3) is 0.478. The summed E-state index contributed by atoms with van der Waals surface area (Å²) in [5.74, 6) is 1.35. The highest BCUT2D eigenvalue weighted by Gasteiger charge is 2.30. The van der Waals surface area contributed by atoms with Gasteiger partial charge in [0.25, 0.3) is 5.91 Å².